The van der Waals surface area contributed by atoms with E-state index >= 15 is 0 Å². The van der Waals surface area contributed by atoms with Crippen LogP contribution >= 0.6 is 0 Å². The fourth-order valence-corrected chi connectivity index (χ4v) is 4.57. The number of amides is 1. The first kappa shape index (κ1) is 33.4. The minimum absolute atomic E-state index is 0.149. The molecule has 0 fully saturated rings. The summed E-state index contributed by atoms with van der Waals surface area (Å²) in [5, 5.41) is 33.0. The molecule has 0 aliphatic rings. The molecule has 0 aliphatic heterocycles. The molecular weight excluding hydrogens is 426 g/mol. The third-order valence-corrected chi connectivity index (χ3v) is 6.96. The Hall–Kier alpha value is -0.650. The van der Waals surface area contributed by atoms with Crippen molar-refractivity contribution in [2.24, 2.45) is 0 Å². The molecule has 5 heteroatoms. The Kier molecular flexibility index (Phi) is 25.0. The van der Waals surface area contributed by atoms with Gasteiger partial charge >= 0.3 is 0 Å². The fourth-order valence-electron chi connectivity index (χ4n) is 4.57. The van der Waals surface area contributed by atoms with E-state index in [1.807, 2.05) is 0 Å². The van der Waals surface area contributed by atoms with Crippen LogP contribution < -0.4 is 5.32 Å². The molecule has 0 bridgehead atoms. The maximum absolute atomic E-state index is 12.2. The maximum atomic E-state index is 12.2. The van der Waals surface area contributed by atoms with Crippen LogP contribution in [0.1, 0.15) is 155 Å². The van der Waals surface area contributed by atoms with Crippen molar-refractivity contribution < 1.29 is 20.1 Å². The summed E-state index contributed by atoms with van der Waals surface area (Å²) in [7, 11) is 0. The third-order valence-electron chi connectivity index (χ3n) is 6.96. The smallest absolute Gasteiger partial charge is 0.220 e. The minimum Gasteiger partial charge on any atom is -0.394 e. The van der Waals surface area contributed by atoms with Gasteiger partial charge in [0.2, 0.25) is 5.91 Å². The Balaban J connectivity index is 3.77. The molecule has 3 atom stereocenters. The van der Waals surface area contributed by atoms with Gasteiger partial charge in [-0.1, -0.05) is 136 Å². The van der Waals surface area contributed by atoms with Gasteiger partial charge in [0.1, 0.15) is 6.10 Å². The van der Waals surface area contributed by atoms with Crippen LogP contribution in [0.3, 0.4) is 0 Å². The topological polar surface area (TPSA) is 89.8 Å². The van der Waals surface area contributed by atoms with Gasteiger partial charge in [0.05, 0.1) is 18.8 Å². The molecule has 3 unspecified atom stereocenters. The summed E-state index contributed by atoms with van der Waals surface area (Å²) >= 11 is 0. The van der Waals surface area contributed by atoms with Crippen LogP contribution in [0.4, 0.5) is 0 Å². The van der Waals surface area contributed by atoms with E-state index < -0.39 is 18.2 Å². The first-order chi connectivity index (χ1) is 16.6. The first-order valence-electron chi connectivity index (χ1n) is 14.8. The van der Waals surface area contributed by atoms with Crippen LogP contribution in [-0.4, -0.2) is 46.1 Å². The summed E-state index contributed by atoms with van der Waals surface area (Å²) < 4.78 is 0. The van der Waals surface area contributed by atoms with Crippen LogP contribution in [0.15, 0.2) is 0 Å². The molecule has 204 valence electrons. The lowest BCUT2D eigenvalue weighted by molar-refractivity contribution is -0.124. The molecule has 4 N–H and O–H groups in total. The van der Waals surface area contributed by atoms with Crippen molar-refractivity contribution in [3.63, 3.8) is 0 Å². The van der Waals surface area contributed by atoms with Crippen LogP contribution in [0.25, 0.3) is 0 Å². The summed E-state index contributed by atoms with van der Waals surface area (Å²) in [4.78, 5) is 12.2. The Morgan fingerprint density at radius 3 is 1.41 bits per heavy atom. The van der Waals surface area contributed by atoms with Crippen LogP contribution in [0.5, 0.6) is 0 Å². The van der Waals surface area contributed by atoms with Crippen molar-refractivity contribution in [2.45, 2.75) is 173 Å². The molecule has 1 amide bonds. The number of carbonyl (C=O) groups excluding carboxylic acids is 1. The first-order valence-corrected chi connectivity index (χ1v) is 14.8. The normalized spacial score (nSPS) is 14.1. The summed E-state index contributed by atoms with van der Waals surface area (Å²) in [6.07, 6.45) is 23.3. The Bertz CT molecular complexity index is 432. The van der Waals surface area contributed by atoms with Gasteiger partial charge in [-0.3, -0.25) is 4.79 Å². The van der Waals surface area contributed by atoms with E-state index in [0.717, 1.165) is 38.5 Å². The van der Waals surface area contributed by atoms with Crippen LogP contribution in [0.2, 0.25) is 0 Å². The molecule has 0 aromatic heterocycles. The zero-order chi connectivity index (χ0) is 25.3. The summed E-state index contributed by atoms with van der Waals surface area (Å²) in [6.45, 7) is 4.11. The van der Waals surface area contributed by atoms with Gasteiger partial charge in [-0.2, -0.15) is 0 Å². The number of carbonyl (C=O) groups is 1. The van der Waals surface area contributed by atoms with E-state index in [-0.39, 0.29) is 12.5 Å². The van der Waals surface area contributed by atoms with Gasteiger partial charge in [0.15, 0.2) is 0 Å². The quantitative estimate of drug-likeness (QED) is 0.101. The summed E-state index contributed by atoms with van der Waals surface area (Å²) in [5.41, 5.74) is 0. The van der Waals surface area contributed by atoms with Gasteiger partial charge in [0.25, 0.3) is 0 Å². The van der Waals surface area contributed by atoms with Gasteiger partial charge in [-0.25, -0.2) is 0 Å². The highest BCUT2D eigenvalue weighted by Gasteiger charge is 2.26. The van der Waals surface area contributed by atoms with E-state index in [0.29, 0.717) is 12.8 Å². The van der Waals surface area contributed by atoms with E-state index in [2.05, 4.69) is 19.2 Å². The molecule has 0 radical (unpaired) electrons. The highest BCUT2D eigenvalue weighted by Crippen LogP contribution is 2.15. The van der Waals surface area contributed by atoms with Crippen molar-refractivity contribution in [3.05, 3.63) is 0 Å². The summed E-state index contributed by atoms with van der Waals surface area (Å²) in [6, 6.07) is -0.797. The highest BCUT2D eigenvalue weighted by atomic mass is 16.3. The average Bonchev–Trinajstić information content (AvgIpc) is 2.84. The number of unbranched alkanes of at least 4 members (excludes halogenated alkanes) is 18. The maximum Gasteiger partial charge on any atom is 0.220 e. The average molecular weight is 486 g/mol. The second-order valence-electron chi connectivity index (χ2n) is 10.3. The van der Waals surface area contributed by atoms with Crippen molar-refractivity contribution in [2.75, 3.05) is 6.61 Å². The van der Waals surface area contributed by atoms with E-state index in [4.69, 9.17) is 0 Å². The zero-order valence-corrected chi connectivity index (χ0v) is 22.7. The predicted molar refractivity (Wildman–Crippen MR) is 144 cm³/mol. The second kappa shape index (κ2) is 25.4. The fraction of sp³-hybridized carbons (Fsp3) is 0.966. The van der Waals surface area contributed by atoms with E-state index in [9.17, 15) is 20.1 Å². The van der Waals surface area contributed by atoms with Crippen LogP contribution in [0, 0.1) is 0 Å². The van der Waals surface area contributed by atoms with Gasteiger partial charge in [0, 0.05) is 6.42 Å². The molecule has 0 heterocycles. The highest BCUT2D eigenvalue weighted by molar-refractivity contribution is 5.76. The molecular formula is C29H59NO4. The number of rotatable bonds is 26. The molecule has 0 saturated carbocycles. The van der Waals surface area contributed by atoms with Gasteiger partial charge < -0.3 is 20.6 Å². The molecule has 0 saturated heterocycles. The van der Waals surface area contributed by atoms with Crippen molar-refractivity contribution in [1.29, 1.82) is 0 Å². The monoisotopic (exact) mass is 485 g/mol. The lowest BCUT2D eigenvalue weighted by atomic mass is 9.99. The largest absolute Gasteiger partial charge is 0.394 e. The second-order valence-corrected chi connectivity index (χ2v) is 10.3. The van der Waals surface area contributed by atoms with Crippen molar-refractivity contribution in [3.8, 4) is 0 Å². The Morgan fingerprint density at radius 1 is 0.618 bits per heavy atom. The Labute approximate surface area is 211 Å². The van der Waals surface area contributed by atoms with Crippen LogP contribution in [-0.2, 0) is 4.79 Å². The SMILES string of the molecule is CCCCCCCCCCCCC(=O)NC(CO)C(O)C(O)CCCCCCCCCCCC. The minimum atomic E-state index is -1.12. The number of aliphatic hydroxyl groups excluding tert-OH is 3. The molecule has 0 aromatic carbocycles. The molecule has 0 rings (SSSR count). The zero-order valence-electron chi connectivity index (χ0n) is 22.7. The predicted octanol–water partition coefficient (Wildman–Crippen LogP) is 6.81. The molecule has 5 nitrogen and oxygen atoms in total. The number of aliphatic hydroxyl groups is 3. The van der Waals surface area contributed by atoms with Gasteiger partial charge in [-0.15, -0.1) is 0 Å². The molecule has 0 aromatic rings. The number of nitrogens with one attached hydrogen (secondary N) is 1. The van der Waals surface area contributed by atoms with Gasteiger partial charge in [-0.05, 0) is 12.8 Å². The lowest BCUT2D eigenvalue weighted by Gasteiger charge is -2.26. The third kappa shape index (κ3) is 20.7. The molecule has 0 aliphatic carbocycles. The lowest BCUT2D eigenvalue weighted by Crippen LogP contribution is -2.50. The summed E-state index contributed by atoms with van der Waals surface area (Å²) in [5.74, 6) is -0.149. The van der Waals surface area contributed by atoms with E-state index in [1.165, 1.54) is 89.9 Å². The standard InChI is InChI=1S/C29H59NO4/c1-3-5-7-9-11-13-15-17-19-21-23-27(32)29(34)26(25-31)30-28(33)24-22-20-18-16-14-12-10-8-6-4-2/h26-27,29,31-32,34H,3-25H2,1-2H3,(H,30,33). The molecule has 0 spiro atoms. The number of hydrogen-bond acceptors (Lipinski definition) is 4. The van der Waals surface area contributed by atoms with E-state index in [1.54, 1.807) is 0 Å². The van der Waals surface area contributed by atoms with Crippen molar-refractivity contribution >= 4 is 5.91 Å². The molecule has 34 heavy (non-hydrogen) atoms. The Morgan fingerprint density at radius 2 is 1.00 bits per heavy atom. The van der Waals surface area contributed by atoms with Crippen molar-refractivity contribution in [1.82, 2.24) is 5.32 Å². The number of hydrogen-bond donors (Lipinski definition) is 4.